The van der Waals surface area contributed by atoms with Gasteiger partial charge in [0.05, 0.1) is 0 Å². The zero-order valence-electron chi connectivity index (χ0n) is 16.5. The largest absolute Gasteiger partial charge is 0.372 e. The minimum absolute atomic E-state index is 0.618. The number of rotatable bonds is 9. The normalized spacial score (nSPS) is 13.8. The van der Waals surface area contributed by atoms with Gasteiger partial charge in [0, 0.05) is 37.2 Å². The predicted molar refractivity (Wildman–Crippen MR) is 115 cm³/mol. The summed E-state index contributed by atoms with van der Waals surface area (Å²) in [4.78, 5) is 11.2. The molecule has 1 heterocycles. The monoisotopic (exact) mass is 365 g/mol. The van der Waals surface area contributed by atoms with E-state index in [-0.39, 0.29) is 0 Å². The van der Waals surface area contributed by atoms with Crippen molar-refractivity contribution in [2.45, 2.75) is 46.0 Å². The van der Waals surface area contributed by atoms with E-state index in [1.54, 1.807) is 11.8 Å². The van der Waals surface area contributed by atoms with Crippen molar-refractivity contribution < 1.29 is 0 Å². The lowest BCUT2D eigenvalue weighted by atomic mass is 9.97. The Bertz CT molecular complexity index is 735. The summed E-state index contributed by atoms with van der Waals surface area (Å²) in [6.45, 7) is 7.29. The summed E-state index contributed by atoms with van der Waals surface area (Å²) in [5.74, 6) is 1.48. The molecule has 0 radical (unpaired) electrons. The van der Waals surface area contributed by atoms with E-state index in [4.69, 9.17) is 0 Å². The van der Waals surface area contributed by atoms with Crippen LogP contribution in [0, 0.1) is 0 Å². The maximum atomic E-state index is 4.58. The average molecular weight is 366 g/mol. The second kappa shape index (κ2) is 9.95. The highest BCUT2D eigenvalue weighted by Crippen LogP contribution is 2.21. The summed E-state index contributed by atoms with van der Waals surface area (Å²) in [7, 11) is 0. The van der Waals surface area contributed by atoms with Gasteiger partial charge in [0.25, 0.3) is 0 Å². The first-order chi connectivity index (χ1) is 13.3. The van der Waals surface area contributed by atoms with Crippen LogP contribution in [0.3, 0.4) is 0 Å². The molecule has 0 amide bonds. The minimum Gasteiger partial charge on any atom is -0.372 e. The first kappa shape index (κ1) is 19.2. The third kappa shape index (κ3) is 5.71. The van der Waals surface area contributed by atoms with E-state index in [1.165, 1.54) is 31.4 Å². The molecule has 2 aromatic rings. The SMILES string of the molecule is CCN(CC)c1ccc(Nc2nccc(NCCC3=CCCCC3)n2)cc1. The summed E-state index contributed by atoms with van der Waals surface area (Å²) in [6.07, 6.45) is 10.5. The van der Waals surface area contributed by atoms with E-state index in [0.29, 0.717) is 5.95 Å². The average Bonchev–Trinajstić information content (AvgIpc) is 2.71. The van der Waals surface area contributed by atoms with E-state index >= 15 is 0 Å². The number of nitrogens with one attached hydrogen (secondary N) is 2. The predicted octanol–water partition coefficient (Wildman–Crippen LogP) is 5.37. The molecule has 0 fully saturated rings. The van der Waals surface area contributed by atoms with Gasteiger partial charge >= 0.3 is 0 Å². The van der Waals surface area contributed by atoms with E-state index in [0.717, 1.165) is 37.6 Å². The van der Waals surface area contributed by atoms with E-state index in [1.807, 2.05) is 6.07 Å². The lowest BCUT2D eigenvalue weighted by Gasteiger charge is -2.21. The number of hydrogen-bond acceptors (Lipinski definition) is 5. The molecular weight excluding hydrogens is 334 g/mol. The first-order valence-electron chi connectivity index (χ1n) is 10.2. The van der Waals surface area contributed by atoms with Gasteiger partial charge in [0.15, 0.2) is 0 Å². The Morgan fingerprint density at radius 1 is 1.04 bits per heavy atom. The van der Waals surface area contributed by atoms with Crippen molar-refractivity contribution in [1.29, 1.82) is 0 Å². The smallest absolute Gasteiger partial charge is 0.229 e. The van der Waals surface area contributed by atoms with Crippen LogP contribution < -0.4 is 15.5 Å². The van der Waals surface area contributed by atoms with E-state index < -0.39 is 0 Å². The molecule has 1 aliphatic rings. The molecule has 0 atom stereocenters. The number of benzene rings is 1. The molecule has 2 N–H and O–H groups in total. The maximum Gasteiger partial charge on any atom is 0.229 e. The zero-order valence-corrected chi connectivity index (χ0v) is 16.5. The van der Waals surface area contributed by atoms with Crippen LogP contribution in [0.15, 0.2) is 48.2 Å². The van der Waals surface area contributed by atoms with Crippen LogP contribution in [-0.2, 0) is 0 Å². The molecule has 5 nitrogen and oxygen atoms in total. The number of allylic oxidation sites excluding steroid dienone is 1. The molecule has 27 heavy (non-hydrogen) atoms. The van der Waals surface area contributed by atoms with Crippen LogP contribution in [0.5, 0.6) is 0 Å². The van der Waals surface area contributed by atoms with Gasteiger partial charge in [-0.2, -0.15) is 4.98 Å². The van der Waals surface area contributed by atoms with Crippen LogP contribution in [-0.4, -0.2) is 29.6 Å². The van der Waals surface area contributed by atoms with Crippen molar-refractivity contribution in [3.05, 3.63) is 48.2 Å². The molecule has 0 unspecified atom stereocenters. The van der Waals surface area contributed by atoms with Gasteiger partial charge in [0.2, 0.25) is 5.95 Å². The Balaban J connectivity index is 1.54. The van der Waals surface area contributed by atoms with Gasteiger partial charge in [-0.05, 0) is 76.3 Å². The van der Waals surface area contributed by atoms with Crippen molar-refractivity contribution in [3.63, 3.8) is 0 Å². The third-order valence-electron chi connectivity index (χ3n) is 5.04. The summed E-state index contributed by atoms with van der Waals surface area (Å²) < 4.78 is 0. The van der Waals surface area contributed by atoms with Gasteiger partial charge in [-0.25, -0.2) is 4.98 Å². The lowest BCUT2D eigenvalue weighted by molar-refractivity contribution is 0.679. The Morgan fingerprint density at radius 2 is 1.85 bits per heavy atom. The van der Waals surface area contributed by atoms with Gasteiger partial charge in [-0.15, -0.1) is 0 Å². The van der Waals surface area contributed by atoms with Crippen molar-refractivity contribution in [2.24, 2.45) is 0 Å². The highest BCUT2D eigenvalue weighted by atomic mass is 15.1. The fourth-order valence-electron chi connectivity index (χ4n) is 3.47. The molecule has 0 saturated heterocycles. The van der Waals surface area contributed by atoms with Gasteiger partial charge in [0.1, 0.15) is 5.82 Å². The topological polar surface area (TPSA) is 53.1 Å². The van der Waals surface area contributed by atoms with Crippen molar-refractivity contribution in [1.82, 2.24) is 9.97 Å². The second-order valence-electron chi connectivity index (χ2n) is 6.89. The molecule has 0 bridgehead atoms. The van der Waals surface area contributed by atoms with E-state index in [9.17, 15) is 0 Å². The van der Waals surface area contributed by atoms with Crippen LogP contribution in [0.25, 0.3) is 0 Å². The van der Waals surface area contributed by atoms with Crippen LogP contribution in [0.4, 0.5) is 23.1 Å². The molecule has 1 aliphatic carbocycles. The Labute approximate surface area is 162 Å². The standard InChI is InChI=1S/C22H31N5/c1-3-27(4-2)20-12-10-19(11-13-20)25-22-24-17-15-21(26-22)23-16-14-18-8-6-5-7-9-18/h8,10-13,15,17H,3-7,9,14,16H2,1-2H3,(H2,23,24,25,26). The van der Waals surface area contributed by atoms with Crippen LogP contribution in [0.2, 0.25) is 0 Å². The number of hydrogen-bond donors (Lipinski definition) is 2. The van der Waals surface area contributed by atoms with Crippen LogP contribution >= 0.6 is 0 Å². The second-order valence-corrected chi connectivity index (χ2v) is 6.89. The quantitative estimate of drug-likeness (QED) is 0.585. The minimum atomic E-state index is 0.618. The molecule has 1 aromatic heterocycles. The maximum absolute atomic E-state index is 4.58. The lowest BCUT2D eigenvalue weighted by Crippen LogP contribution is -2.21. The number of anilines is 4. The fraction of sp³-hybridized carbons (Fsp3) is 0.455. The number of nitrogens with zero attached hydrogens (tertiary/aromatic N) is 3. The molecule has 144 valence electrons. The van der Waals surface area contributed by atoms with Gasteiger partial charge in [-0.1, -0.05) is 11.6 Å². The molecule has 5 heteroatoms. The molecule has 0 spiro atoms. The molecule has 1 aromatic carbocycles. The molecular formula is C22H31N5. The Morgan fingerprint density at radius 3 is 2.56 bits per heavy atom. The zero-order chi connectivity index (χ0) is 18.9. The van der Waals surface area contributed by atoms with Crippen molar-refractivity contribution in [3.8, 4) is 0 Å². The third-order valence-corrected chi connectivity index (χ3v) is 5.04. The summed E-state index contributed by atoms with van der Waals surface area (Å²) >= 11 is 0. The molecule has 0 aliphatic heterocycles. The van der Waals surface area contributed by atoms with Gasteiger partial charge in [-0.3, -0.25) is 0 Å². The van der Waals surface area contributed by atoms with Crippen LogP contribution in [0.1, 0.15) is 46.0 Å². The summed E-state index contributed by atoms with van der Waals surface area (Å²) in [5.41, 5.74) is 3.81. The number of aromatic nitrogens is 2. The molecule has 0 saturated carbocycles. The van der Waals surface area contributed by atoms with Gasteiger partial charge < -0.3 is 15.5 Å². The van der Waals surface area contributed by atoms with E-state index in [2.05, 4.69) is 69.7 Å². The molecule has 3 rings (SSSR count). The first-order valence-corrected chi connectivity index (χ1v) is 10.2. The highest BCUT2D eigenvalue weighted by molar-refractivity contribution is 5.59. The van der Waals surface area contributed by atoms with Crippen molar-refractivity contribution >= 4 is 23.1 Å². The Hall–Kier alpha value is -2.56. The highest BCUT2D eigenvalue weighted by Gasteiger charge is 2.05. The fourth-order valence-corrected chi connectivity index (χ4v) is 3.47. The Kier molecular flexibility index (Phi) is 7.08. The summed E-state index contributed by atoms with van der Waals surface area (Å²) in [5, 5.41) is 6.71. The summed E-state index contributed by atoms with van der Waals surface area (Å²) in [6, 6.07) is 10.3. The van der Waals surface area contributed by atoms with Crippen molar-refractivity contribution in [2.75, 3.05) is 35.2 Å².